The molecule has 0 spiro atoms. The second-order valence-corrected chi connectivity index (χ2v) is 9.65. The lowest BCUT2D eigenvalue weighted by atomic mass is 10.0. The van der Waals surface area contributed by atoms with Gasteiger partial charge in [0.15, 0.2) is 0 Å². The number of nitrogens with two attached hydrogens (primary N) is 1. The summed E-state index contributed by atoms with van der Waals surface area (Å²) in [5, 5.41) is 2.60. The van der Waals surface area contributed by atoms with Gasteiger partial charge in [0.1, 0.15) is 17.0 Å². The SMILES string of the molecule is CCOc1ccc(-c2ccc(CCOc3ccc(NC(=O)C(C)(N)COP(=O)(O)O)cc3)cc2)cc1. The summed E-state index contributed by atoms with van der Waals surface area (Å²) >= 11 is 0. The molecule has 0 aliphatic rings. The van der Waals surface area contributed by atoms with Gasteiger partial charge in [-0.1, -0.05) is 36.4 Å². The average Bonchev–Trinajstić information content (AvgIpc) is 2.85. The summed E-state index contributed by atoms with van der Waals surface area (Å²) in [6, 6.07) is 23.1. The molecular formula is C26H31N2O7P. The highest BCUT2D eigenvalue weighted by Crippen LogP contribution is 2.36. The molecule has 0 aliphatic carbocycles. The van der Waals surface area contributed by atoms with Crippen molar-refractivity contribution in [2.24, 2.45) is 5.73 Å². The third kappa shape index (κ3) is 8.48. The zero-order chi connectivity index (χ0) is 26.2. The Bertz CT molecular complexity index is 1170. The lowest BCUT2D eigenvalue weighted by Crippen LogP contribution is -2.52. The quantitative estimate of drug-likeness (QED) is 0.265. The number of benzene rings is 3. The molecule has 36 heavy (non-hydrogen) atoms. The van der Waals surface area contributed by atoms with Crippen molar-refractivity contribution in [3.63, 3.8) is 0 Å². The highest BCUT2D eigenvalue weighted by atomic mass is 31.2. The topological polar surface area (TPSA) is 140 Å². The van der Waals surface area contributed by atoms with Crippen molar-refractivity contribution < 1.29 is 33.1 Å². The molecule has 3 rings (SSSR count). The van der Waals surface area contributed by atoms with E-state index < -0.39 is 25.9 Å². The van der Waals surface area contributed by atoms with Gasteiger partial charge in [0, 0.05) is 12.1 Å². The maximum Gasteiger partial charge on any atom is 0.469 e. The summed E-state index contributed by atoms with van der Waals surface area (Å²) in [4.78, 5) is 29.9. The Hall–Kier alpha value is -3.20. The number of hydrogen-bond acceptors (Lipinski definition) is 6. The molecule has 10 heteroatoms. The van der Waals surface area contributed by atoms with Crippen LogP contribution in [0.5, 0.6) is 11.5 Å². The van der Waals surface area contributed by atoms with Crippen LogP contribution in [0, 0.1) is 0 Å². The van der Waals surface area contributed by atoms with E-state index in [1.54, 1.807) is 24.3 Å². The number of hydrogen-bond donors (Lipinski definition) is 4. The summed E-state index contributed by atoms with van der Waals surface area (Å²) in [5.41, 5.74) is 8.05. The lowest BCUT2D eigenvalue weighted by molar-refractivity contribution is -0.121. The van der Waals surface area contributed by atoms with Gasteiger partial charge in [-0.3, -0.25) is 9.32 Å². The second-order valence-electron chi connectivity index (χ2n) is 8.41. The van der Waals surface area contributed by atoms with Crippen molar-refractivity contribution in [1.29, 1.82) is 0 Å². The third-order valence-corrected chi connectivity index (χ3v) is 5.74. The fraction of sp³-hybridized carbons (Fsp3) is 0.269. The van der Waals surface area contributed by atoms with E-state index in [0.717, 1.165) is 28.9 Å². The van der Waals surface area contributed by atoms with Gasteiger partial charge in [-0.2, -0.15) is 0 Å². The van der Waals surface area contributed by atoms with E-state index in [1.165, 1.54) is 6.92 Å². The first kappa shape index (κ1) is 27.4. The molecule has 0 saturated carbocycles. The fourth-order valence-electron chi connectivity index (χ4n) is 3.25. The van der Waals surface area contributed by atoms with Crippen molar-refractivity contribution in [3.8, 4) is 22.6 Å². The number of phosphoric acid groups is 1. The molecule has 0 saturated heterocycles. The Morgan fingerprint density at radius 2 is 1.44 bits per heavy atom. The first-order valence-electron chi connectivity index (χ1n) is 11.4. The second kappa shape index (κ2) is 12.2. The predicted molar refractivity (Wildman–Crippen MR) is 138 cm³/mol. The fourth-order valence-corrected chi connectivity index (χ4v) is 3.69. The number of carbonyl (C=O) groups excluding carboxylic acids is 1. The number of anilines is 1. The Kier molecular flexibility index (Phi) is 9.25. The van der Waals surface area contributed by atoms with E-state index in [1.807, 2.05) is 31.2 Å². The summed E-state index contributed by atoms with van der Waals surface area (Å²) in [6.07, 6.45) is 0.729. The van der Waals surface area contributed by atoms with Crippen molar-refractivity contribution in [2.45, 2.75) is 25.8 Å². The zero-order valence-corrected chi connectivity index (χ0v) is 21.1. The van der Waals surface area contributed by atoms with Gasteiger partial charge in [0.2, 0.25) is 5.91 Å². The first-order chi connectivity index (χ1) is 17.1. The van der Waals surface area contributed by atoms with Crippen LogP contribution in [0.2, 0.25) is 0 Å². The van der Waals surface area contributed by atoms with Gasteiger partial charge in [-0.25, -0.2) is 4.57 Å². The number of nitrogens with one attached hydrogen (secondary N) is 1. The molecule has 0 aromatic heterocycles. The molecular weight excluding hydrogens is 483 g/mol. The highest BCUT2D eigenvalue weighted by molar-refractivity contribution is 7.46. The van der Waals surface area contributed by atoms with E-state index in [0.29, 0.717) is 24.7 Å². The van der Waals surface area contributed by atoms with Gasteiger partial charge in [0.25, 0.3) is 0 Å². The highest BCUT2D eigenvalue weighted by Gasteiger charge is 2.32. The first-order valence-corrected chi connectivity index (χ1v) is 12.9. The van der Waals surface area contributed by atoms with Gasteiger partial charge >= 0.3 is 7.82 Å². The number of amides is 1. The molecule has 9 nitrogen and oxygen atoms in total. The maximum absolute atomic E-state index is 12.3. The van der Waals surface area contributed by atoms with Crippen LogP contribution < -0.4 is 20.5 Å². The smallest absolute Gasteiger partial charge is 0.469 e. The zero-order valence-electron chi connectivity index (χ0n) is 20.2. The van der Waals surface area contributed by atoms with Crippen LogP contribution in [0.4, 0.5) is 5.69 Å². The number of rotatable bonds is 12. The van der Waals surface area contributed by atoms with Crippen LogP contribution >= 0.6 is 7.82 Å². The molecule has 192 valence electrons. The minimum atomic E-state index is -4.73. The molecule has 0 bridgehead atoms. The molecule has 1 unspecified atom stereocenters. The monoisotopic (exact) mass is 514 g/mol. The Labute approximate surface area is 210 Å². The molecule has 3 aromatic carbocycles. The van der Waals surface area contributed by atoms with E-state index in [9.17, 15) is 9.36 Å². The summed E-state index contributed by atoms with van der Waals surface area (Å²) in [6.45, 7) is 3.77. The summed E-state index contributed by atoms with van der Waals surface area (Å²) in [5.74, 6) is 0.855. The third-order valence-electron chi connectivity index (χ3n) is 5.28. The van der Waals surface area contributed by atoms with Crippen LogP contribution in [0.25, 0.3) is 11.1 Å². The normalized spacial score (nSPS) is 13.0. The minimum absolute atomic E-state index is 0.463. The van der Waals surface area contributed by atoms with Crippen molar-refractivity contribution in [3.05, 3.63) is 78.4 Å². The molecule has 0 fully saturated rings. The Morgan fingerprint density at radius 3 is 2.00 bits per heavy atom. The van der Waals surface area contributed by atoms with Crippen LogP contribution in [0.3, 0.4) is 0 Å². The van der Waals surface area contributed by atoms with Gasteiger partial charge < -0.3 is 30.3 Å². The van der Waals surface area contributed by atoms with E-state index in [4.69, 9.17) is 25.0 Å². The standard InChI is InChI=1S/C26H31N2O7P/c1-3-33-23-12-8-21(9-13-23)20-6-4-19(5-7-20)16-17-34-24-14-10-22(11-15-24)28-25(29)26(2,27)18-35-36(30,31)32/h4-15H,3,16-18,27H2,1-2H3,(H,28,29)(H2,30,31,32). The van der Waals surface area contributed by atoms with Crippen LogP contribution in [0.1, 0.15) is 19.4 Å². The average molecular weight is 515 g/mol. The number of carbonyl (C=O) groups is 1. The molecule has 0 heterocycles. The molecule has 0 aliphatic heterocycles. The molecule has 1 atom stereocenters. The molecule has 1 amide bonds. The van der Waals surface area contributed by atoms with Crippen LogP contribution in [0.15, 0.2) is 72.8 Å². The summed E-state index contributed by atoms with van der Waals surface area (Å²) < 4.78 is 26.5. The van der Waals surface area contributed by atoms with Gasteiger partial charge in [0.05, 0.1) is 19.8 Å². The minimum Gasteiger partial charge on any atom is -0.494 e. The van der Waals surface area contributed by atoms with Gasteiger partial charge in [-0.15, -0.1) is 0 Å². The van der Waals surface area contributed by atoms with Crippen molar-refractivity contribution >= 4 is 19.4 Å². The lowest BCUT2D eigenvalue weighted by Gasteiger charge is -2.23. The Balaban J connectivity index is 1.46. The van der Waals surface area contributed by atoms with E-state index in [2.05, 4.69) is 34.1 Å². The van der Waals surface area contributed by atoms with Gasteiger partial charge in [-0.05, 0) is 66.9 Å². The van der Waals surface area contributed by atoms with Crippen molar-refractivity contribution in [1.82, 2.24) is 0 Å². The largest absolute Gasteiger partial charge is 0.494 e. The molecule has 0 radical (unpaired) electrons. The van der Waals surface area contributed by atoms with Crippen LogP contribution in [-0.2, 0) is 20.3 Å². The maximum atomic E-state index is 12.3. The Morgan fingerprint density at radius 1 is 0.917 bits per heavy atom. The summed E-state index contributed by atoms with van der Waals surface area (Å²) in [7, 11) is -4.73. The molecule has 5 N–H and O–H groups in total. The van der Waals surface area contributed by atoms with Crippen molar-refractivity contribution in [2.75, 3.05) is 25.1 Å². The number of phosphoric ester groups is 1. The van der Waals surface area contributed by atoms with Crippen LogP contribution in [-0.4, -0.2) is 41.1 Å². The number of ether oxygens (including phenoxy) is 2. The van der Waals surface area contributed by atoms with E-state index >= 15 is 0 Å². The molecule has 3 aromatic rings. The van der Waals surface area contributed by atoms with E-state index in [-0.39, 0.29) is 0 Å². The predicted octanol–water partition coefficient (Wildman–Crippen LogP) is 4.14.